The third kappa shape index (κ3) is 3.48. The molecule has 0 spiro atoms. The van der Waals surface area contributed by atoms with E-state index in [9.17, 15) is 0 Å². The lowest BCUT2D eigenvalue weighted by atomic mass is 10.2. The van der Waals surface area contributed by atoms with Crippen LogP contribution in [0.25, 0.3) is 0 Å². The van der Waals surface area contributed by atoms with Crippen molar-refractivity contribution in [1.82, 2.24) is 4.98 Å². The largest absolute Gasteiger partial charge is 0.409 e. The average molecular weight is 335 g/mol. The Kier molecular flexibility index (Phi) is 4.57. The van der Waals surface area contributed by atoms with Gasteiger partial charge in [-0.05, 0) is 29.8 Å². The number of pyridine rings is 1. The number of rotatable bonds is 4. The molecule has 0 bridgehead atoms. The highest BCUT2D eigenvalue weighted by molar-refractivity contribution is 9.10. The van der Waals surface area contributed by atoms with Gasteiger partial charge in [-0.25, -0.2) is 4.98 Å². The Labute approximate surface area is 125 Å². The van der Waals surface area contributed by atoms with E-state index in [1.54, 1.807) is 6.07 Å². The Bertz CT molecular complexity index is 613. The van der Waals surface area contributed by atoms with Crippen LogP contribution < -0.4 is 10.6 Å². The van der Waals surface area contributed by atoms with Gasteiger partial charge < -0.3 is 15.8 Å². The fourth-order valence-corrected chi connectivity index (χ4v) is 2.04. The van der Waals surface area contributed by atoms with Crippen LogP contribution in [0.5, 0.6) is 0 Å². The summed E-state index contributed by atoms with van der Waals surface area (Å²) in [6.07, 6.45) is 0. The molecule has 6 heteroatoms. The van der Waals surface area contributed by atoms with Crippen molar-refractivity contribution >= 4 is 27.6 Å². The van der Waals surface area contributed by atoms with Gasteiger partial charge in [-0.3, -0.25) is 0 Å². The first-order chi connectivity index (χ1) is 9.60. The van der Waals surface area contributed by atoms with E-state index in [-0.39, 0.29) is 5.84 Å². The number of aromatic nitrogens is 1. The standard InChI is InChI=1S/C14H15BrN4O/c1-19(9-10-5-7-11(15)8-6-10)13-4-2-3-12(17-13)14(16)18-20/h2-8,20H,9H2,1H3,(H2,16,18). The number of anilines is 1. The lowest BCUT2D eigenvalue weighted by Crippen LogP contribution is -2.20. The van der Waals surface area contributed by atoms with Crippen LogP contribution in [0.2, 0.25) is 0 Å². The van der Waals surface area contributed by atoms with E-state index in [4.69, 9.17) is 10.9 Å². The summed E-state index contributed by atoms with van der Waals surface area (Å²) in [4.78, 5) is 6.36. The molecule has 2 aromatic rings. The molecule has 0 aliphatic heterocycles. The van der Waals surface area contributed by atoms with E-state index < -0.39 is 0 Å². The molecule has 0 saturated heterocycles. The second kappa shape index (κ2) is 6.38. The summed E-state index contributed by atoms with van der Waals surface area (Å²) in [5.74, 6) is 0.765. The van der Waals surface area contributed by atoms with Gasteiger partial charge in [0.25, 0.3) is 0 Å². The van der Waals surface area contributed by atoms with E-state index >= 15 is 0 Å². The van der Waals surface area contributed by atoms with Crippen molar-refractivity contribution in [2.24, 2.45) is 10.9 Å². The fraction of sp³-hybridized carbons (Fsp3) is 0.143. The van der Waals surface area contributed by atoms with E-state index in [1.807, 2.05) is 48.3 Å². The van der Waals surface area contributed by atoms with Crippen molar-refractivity contribution in [2.45, 2.75) is 6.54 Å². The van der Waals surface area contributed by atoms with Crippen LogP contribution in [0.4, 0.5) is 5.82 Å². The number of hydrogen-bond donors (Lipinski definition) is 2. The van der Waals surface area contributed by atoms with Gasteiger partial charge in [-0.2, -0.15) is 0 Å². The Balaban J connectivity index is 2.16. The second-order valence-electron chi connectivity index (χ2n) is 4.35. The first-order valence-corrected chi connectivity index (χ1v) is 6.80. The van der Waals surface area contributed by atoms with Gasteiger partial charge >= 0.3 is 0 Å². The highest BCUT2D eigenvalue weighted by Crippen LogP contribution is 2.15. The number of hydrogen-bond acceptors (Lipinski definition) is 4. The number of halogens is 1. The molecule has 1 heterocycles. The van der Waals surface area contributed by atoms with Gasteiger partial charge in [0, 0.05) is 18.1 Å². The molecule has 0 aliphatic carbocycles. The second-order valence-corrected chi connectivity index (χ2v) is 5.26. The van der Waals surface area contributed by atoms with Crippen LogP contribution in [-0.2, 0) is 6.54 Å². The number of nitrogens with two attached hydrogens (primary N) is 1. The van der Waals surface area contributed by atoms with Crippen molar-refractivity contribution in [3.05, 3.63) is 58.2 Å². The summed E-state index contributed by atoms with van der Waals surface area (Å²) in [5, 5.41) is 11.6. The molecule has 2 rings (SSSR count). The molecule has 0 fully saturated rings. The Morgan fingerprint density at radius 3 is 2.65 bits per heavy atom. The lowest BCUT2D eigenvalue weighted by molar-refractivity contribution is 0.318. The van der Waals surface area contributed by atoms with E-state index in [0.717, 1.165) is 16.8 Å². The average Bonchev–Trinajstić information content (AvgIpc) is 2.49. The maximum absolute atomic E-state index is 8.68. The van der Waals surface area contributed by atoms with E-state index in [0.29, 0.717) is 5.69 Å². The van der Waals surface area contributed by atoms with Gasteiger partial charge in [0.15, 0.2) is 5.84 Å². The van der Waals surface area contributed by atoms with E-state index in [2.05, 4.69) is 26.1 Å². The smallest absolute Gasteiger partial charge is 0.188 e. The van der Waals surface area contributed by atoms with Gasteiger partial charge in [0.05, 0.1) is 0 Å². The highest BCUT2D eigenvalue weighted by atomic mass is 79.9. The van der Waals surface area contributed by atoms with Crippen LogP contribution in [0.15, 0.2) is 52.1 Å². The van der Waals surface area contributed by atoms with Crippen LogP contribution in [0.3, 0.4) is 0 Å². The number of benzene rings is 1. The molecule has 0 radical (unpaired) electrons. The summed E-state index contributed by atoms with van der Waals surface area (Å²) in [5.41, 5.74) is 7.17. The summed E-state index contributed by atoms with van der Waals surface area (Å²) in [7, 11) is 1.94. The van der Waals surface area contributed by atoms with Crippen molar-refractivity contribution < 1.29 is 5.21 Å². The molecule has 20 heavy (non-hydrogen) atoms. The minimum absolute atomic E-state index is 0.00360. The molecular formula is C14H15BrN4O. The molecule has 1 aromatic carbocycles. The Morgan fingerprint density at radius 1 is 1.30 bits per heavy atom. The lowest BCUT2D eigenvalue weighted by Gasteiger charge is -2.18. The zero-order valence-corrected chi connectivity index (χ0v) is 12.6. The third-order valence-electron chi connectivity index (χ3n) is 2.83. The Morgan fingerprint density at radius 2 is 2.00 bits per heavy atom. The predicted octanol–water partition coefficient (Wildman–Crippen LogP) is 2.58. The normalized spacial score (nSPS) is 11.4. The number of nitrogens with zero attached hydrogens (tertiary/aromatic N) is 3. The molecule has 0 saturated carbocycles. The quantitative estimate of drug-likeness (QED) is 0.390. The highest BCUT2D eigenvalue weighted by Gasteiger charge is 2.07. The van der Waals surface area contributed by atoms with Gasteiger partial charge in [-0.1, -0.05) is 39.3 Å². The first kappa shape index (κ1) is 14.3. The van der Waals surface area contributed by atoms with Gasteiger partial charge in [0.1, 0.15) is 11.5 Å². The third-order valence-corrected chi connectivity index (χ3v) is 3.36. The molecule has 1 aromatic heterocycles. The monoisotopic (exact) mass is 334 g/mol. The van der Waals surface area contributed by atoms with Crippen molar-refractivity contribution in [3.63, 3.8) is 0 Å². The van der Waals surface area contributed by atoms with Crippen LogP contribution in [-0.4, -0.2) is 23.1 Å². The van der Waals surface area contributed by atoms with Gasteiger partial charge in [-0.15, -0.1) is 0 Å². The van der Waals surface area contributed by atoms with Crippen LogP contribution in [0.1, 0.15) is 11.3 Å². The molecule has 3 N–H and O–H groups in total. The predicted molar refractivity (Wildman–Crippen MR) is 83.0 cm³/mol. The summed E-state index contributed by atoms with van der Waals surface area (Å²) >= 11 is 3.41. The van der Waals surface area contributed by atoms with Crippen molar-refractivity contribution in [3.8, 4) is 0 Å². The maximum Gasteiger partial charge on any atom is 0.188 e. The minimum atomic E-state index is 0.00360. The Hall–Kier alpha value is -2.08. The maximum atomic E-state index is 8.68. The summed E-state index contributed by atoms with van der Waals surface area (Å²) in [6, 6.07) is 13.5. The molecule has 5 nitrogen and oxygen atoms in total. The molecule has 0 aliphatic rings. The molecular weight excluding hydrogens is 320 g/mol. The number of oxime groups is 1. The summed E-state index contributed by atoms with van der Waals surface area (Å²) in [6.45, 7) is 0.722. The first-order valence-electron chi connectivity index (χ1n) is 6.00. The number of amidine groups is 1. The van der Waals surface area contributed by atoms with Gasteiger partial charge in [0.2, 0.25) is 0 Å². The van der Waals surface area contributed by atoms with Crippen molar-refractivity contribution in [1.29, 1.82) is 0 Å². The van der Waals surface area contributed by atoms with Crippen molar-refractivity contribution in [2.75, 3.05) is 11.9 Å². The van der Waals surface area contributed by atoms with Crippen LogP contribution in [0, 0.1) is 0 Å². The topological polar surface area (TPSA) is 74.7 Å². The fourth-order valence-electron chi connectivity index (χ4n) is 1.77. The summed E-state index contributed by atoms with van der Waals surface area (Å²) < 4.78 is 1.05. The molecule has 104 valence electrons. The molecule has 0 unspecified atom stereocenters. The minimum Gasteiger partial charge on any atom is -0.409 e. The van der Waals surface area contributed by atoms with E-state index in [1.165, 1.54) is 5.56 Å². The molecule has 0 amide bonds. The molecule has 0 atom stereocenters. The van der Waals surface area contributed by atoms with Crippen LogP contribution >= 0.6 is 15.9 Å². The zero-order valence-electron chi connectivity index (χ0n) is 11.0. The zero-order chi connectivity index (χ0) is 14.5. The SMILES string of the molecule is CN(Cc1ccc(Br)cc1)c1cccc(C(N)=NO)n1.